The van der Waals surface area contributed by atoms with Crippen LogP contribution in [0, 0.1) is 0 Å². The first-order chi connectivity index (χ1) is 11.3. The molecule has 0 radical (unpaired) electrons. The maximum absolute atomic E-state index is 6.58. The largest absolute Gasteiger partial charge is 0.377 e. The minimum Gasteiger partial charge on any atom is -0.377 e. The van der Waals surface area contributed by atoms with Crippen molar-refractivity contribution in [3.05, 3.63) is 22.4 Å². The Morgan fingerprint density at radius 1 is 1.22 bits per heavy atom. The molecule has 5 heteroatoms. The number of ether oxygens (including phenoxy) is 2. The molecule has 3 fully saturated rings. The Morgan fingerprint density at radius 2 is 2.13 bits per heavy atom. The van der Waals surface area contributed by atoms with Gasteiger partial charge in [-0.2, -0.15) is 11.3 Å². The van der Waals surface area contributed by atoms with E-state index in [0.717, 1.165) is 45.8 Å². The molecule has 2 atom stereocenters. The monoisotopic (exact) mass is 336 g/mol. The quantitative estimate of drug-likeness (QED) is 0.844. The van der Waals surface area contributed by atoms with Gasteiger partial charge in [0.15, 0.2) is 0 Å². The van der Waals surface area contributed by atoms with E-state index in [1.54, 1.807) is 11.3 Å². The number of rotatable bonds is 4. The first-order valence-corrected chi connectivity index (χ1v) is 9.97. The second-order valence-electron chi connectivity index (χ2n) is 7.36. The molecular formula is C18H28N2O2S. The Balaban J connectivity index is 1.36. The van der Waals surface area contributed by atoms with Crippen LogP contribution in [0.3, 0.4) is 0 Å². The van der Waals surface area contributed by atoms with Crippen LogP contribution in [0.5, 0.6) is 0 Å². The molecule has 0 aromatic carbocycles. The highest BCUT2D eigenvalue weighted by atomic mass is 32.1. The van der Waals surface area contributed by atoms with Crippen LogP contribution in [0.2, 0.25) is 0 Å². The summed E-state index contributed by atoms with van der Waals surface area (Å²) in [4.78, 5) is 5.09. The Bertz CT molecular complexity index is 489. The van der Waals surface area contributed by atoms with E-state index in [0.29, 0.717) is 6.10 Å². The summed E-state index contributed by atoms with van der Waals surface area (Å²) >= 11 is 1.78. The first-order valence-electron chi connectivity index (χ1n) is 9.03. The summed E-state index contributed by atoms with van der Waals surface area (Å²) in [5.41, 5.74) is 1.34. The van der Waals surface area contributed by atoms with E-state index in [9.17, 15) is 0 Å². The zero-order valence-corrected chi connectivity index (χ0v) is 14.7. The van der Waals surface area contributed by atoms with Crippen molar-refractivity contribution in [1.82, 2.24) is 9.80 Å². The van der Waals surface area contributed by atoms with Crippen LogP contribution < -0.4 is 0 Å². The Kier molecular flexibility index (Phi) is 5.02. The van der Waals surface area contributed by atoms with Crippen LogP contribution >= 0.6 is 11.3 Å². The molecule has 128 valence electrons. The summed E-state index contributed by atoms with van der Waals surface area (Å²) in [6.45, 7) is 8.27. The van der Waals surface area contributed by atoms with Crippen molar-refractivity contribution in [2.45, 2.75) is 43.9 Å². The number of nitrogens with zero attached hydrogens (tertiary/aromatic N) is 2. The van der Waals surface area contributed by atoms with Crippen LogP contribution in [-0.4, -0.2) is 67.4 Å². The third-order valence-corrected chi connectivity index (χ3v) is 6.15. The van der Waals surface area contributed by atoms with Crippen LogP contribution in [0.25, 0.3) is 0 Å². The van der Waals surface area contributed by atoms with Gasteiger partial charge in [-0.3, -0.25) is 4.90 Å². The highest BCUT2D eigenvalue weighted by Crippen LogP contribution is 2.34. The molecule has 1 spiro atoms. The van der Waals surface area contributed by atoms with Gasteiger partial charge in [-0.1, -0.05) is 0 Å². The Labute approximate surface area is 143 Å². The normalized spacial score (nSPS) is 33.5. The van der Waals surface area contributed by atoms with Gasteiger partial charge in [0.1, 0.15) is 5.60 Å². The Hall–Kier alpha value is -0.460. The molecule has 2 unspecified atom stereocenters. The average Bonchev–Trinajstić information content (AvgIpc) is 3.25. The van der Waals surface area contributed by atoms with Crippen molar-refractivity contribution in [3.63, 3.8) is 0 Å². The molecule has 4 nitrogen and oxygen atoms in total. The third-order valence-electron chi connectivity index (χ3n) is 5.41. The van der Waals surface area contributed by atoms with E-state index in [2.05, 4.69) is 26.6 Å². The van der Waals surface area contributed by atoms with Gasteiger partial charge in [0.25, 0.3) is 0 Å². The maximum atomic E-state index is 6.58. The van der Waals surface area contributed by atoms with Crippen molar-refractivity contribution in [2.24, 2.45) is 0 Å². The molecule has 0 aliphatic carbocycles. The van der Waals surface area contributed by atoms with E-state index in [1.807, 2.05) is 0 Å². The minimum absolute atomic E-state index is 0.0725. The second-order valence-corrected chi connectivity index (χ2v) is 8.14. The van der Waals surface area contributed by atoms with Crippen LogP contribution in [0.15, 0.2) is 16.8 Å². The smallest absolute Gasteiger partial charge is 0.105 e. The van der Waals surface area contributed by atoms with Gasteiger partial charge in [-0.05, 0) is 61.2 Å². The lowest BCUT2D eigenvalue weighted by atomic mass is 10.00. The van der Waals surface area contributed by atoms with Gasteiger partial charge in [-0.15, -0.1) is 0 Å². The molecule has 1 aromatic rings. The number of likely N-dealkylation sites (tertiary alicyclic amines) is 1. The summed E-state index contributed by atoms with van der Waals surface area (Å²) in [5.74, 6) is 0. The standard InChI is InChI=1S/C18H28N2O2S/c1-2-7-19(6-1)12-17-3-5-18(22-17)14-20(8-9-21-15-18)11-16-4-10-23-13-16/h4,10,13,17H,1-3,5-9,11-12,14-15H2. The molecule has 3 saturated heterocycles. The molecule has 0 N–H and O–H groups in total. The van der Waals surface area contributed by atoms with E-state index in [4.69, 9.17) is 9.47 Å². The van der Waals surface area contributed by atoms with Gasteiger partial charge in [0, 0.05) is 26.2 Å². The molecular weight excluding hydrogens is 308 g/mol. The second kappa shape index (κ2) is 7.19. The number of hydrogen-bond acceptors (Lipinski definition) is 5. The zero-order chi connectivity index (χ0) is 15.5. The molecule has 3 aliphatic rings. The van der Waals surface area contributed by atoms with E-state index < -0.39 is 0 Å². The van der Waals surface area contributed by atoms with E-state index >= 15 is 0 Å². The fourth-order valence-electron chi connectivity index (χ4n) is 4.26. The maximum Gasteiger partial charge on any atom is 0.105 e. The minimum atomic E-state index is -0.0725. The fraction of sp³-hybridized carbons (Fsp3) is 0.778. The summed E-state index contributed by atoms with van der Waals surface area (Å²) in [6, 6.07) is 2.23. The highest BCUT2D eigenvalue weighted by Gasteiger charge is 2.43. The highest BCUT2D eigenvalue weighted by molar-refractivity contribution is 7.07. The van der Waals surface area contributed by atoms with E-state index in [-0.39, 0.29) is 5.60 Å². The molecule has 4 heterocycles. The lowest BCUT2D eigenvalue weighted by Crippen LogP contribution is -2.45. The summed E-state index contributed by atoms with van der Waals surface area (Å²) < 4.78 is 12.5. The molecule has 0 saturated carbocycles. The Morgan fingerprint density at radius 3 is 2.96 bits per heavy atom. The van der Waals surface area contributed by atoms with Crippen molar-refractivity contribution in [2.75, 3.05) is 45.9 Å². The summed E-state index contributed by atoms with van der Waals surface area (Å²) in [6.07, 6.45) is 5.44. The summed E-state index contributed by atoms with van der Waals surface area (Å²) in [7, 11) is 0. The lowest BCUT2D eigenvalue weighted by molar-refractivity contribution is -0.0913. The SMILES string of the molecule is c1cc(CN2CCOCC3(CCC(CN4CCCC4)O3)C2)cs1. The van der Waals surface area contributed by atoms with Crippen molar-refractivity contribution in [1.29, 1.82) is 0 Å². The lowest BCUT2D eigenvalue weighted by Gasteiger charge is -2.32. The van der Waals surface area contributed by atoms with Gasteiger partial charge < -0.3 is 14.4 Å². The van der Waals surface area contributed by atoms with Crippen molar-refractivity contribution >= 4 is 11.3 Å². The fourth-order valence-corrected chi connectivity index (χ4v) is 4.92. The van der Waals surface area contributed by atoms with Gasteiger partial charge >= 0.3 is 0 Å². The van der Waals surface area contributed by atoms with Crippen LogP contribution in [0.4, 0.5) is 0 Å². The van der Waals surface area contributed by atoms with Crippen molar-refractivity contribution in [3.8, 4) is 0 Å². The summed E-state index contributed by atoms with van der Waals surface area (Å²) in [5, 5.41) is 4.42. The molecule has 3 aliphatic heterocycles. The topological polar surface area (TPSA) is 24.9 Å². The van der Waals surface area contributed by atoms with Gasteiger partial charge in [0.2, 0.25) is 0 Å². The average molecular weight is 337 g/mol. The van der Waals surface area contributed by atoms with Crippen LogP contribution in [-0.2, 0) is 16.0 Å². The first kappa shape index (κ1) is 16.0. The molecule has 1 aromatic heterocycles. The molecule has 4 rings (SSSR count). The zero-order valence-electron chi connectivity index (χ0n) is 13.9. The number of thiophene rings is 1. The molecule has 0 bridgehead atoms. The predicted molar refractivity (Wildman–Crippen MR) is 92.9 cm³/mol. The predicted octanol–water partition coefficient (Wildman–Crippen LogP) is 2.59. The van der Waals surface area contributed by atoms with E-state index in [1.165, 1.54) is 37.9 Å². The van der Waals surface area contributed by atoms with Crippen molar-refractivity contribution < 1.29 is 9.47 Å². The molecule has 23 heavy (non-hydrogen) atoms. The van der Waals surface area contributed by atoms with Gasteiger partial charge in [0.05, 0.1) is 19.3 Å². The third kappa shape index (κ3) is 3.97. The number of hydrogen-bond donors (Lipinski definition) is 0. The molecule has 0 amide bonds. The van der Waals surface area contributed by atoms with Crippen LogP contribution in [0.1, 0.15) is 31.2 Å². The van der Waals surface area contributed by atoms with Gasteiger partial charge in [-0.25, -0.2) is 0 Å².